The van der Waals surface area contributed by atoms with Crippen molar-refractivity contribution in [2.45, 2.75) is 4.90 Å². The SMILES string of the molecule is CSc1cccc2sc(Nc3nc(-c4nc5ccccc5s4)cs3)nc12. The van der Waals surface area contributed by atoms with Crippen molar-refractivity contribution in [1.29, 1.82) is 0 Å². The number of hydrogen-bond donors (Lipinski definition) is 1. The summed E-state index contributed by atoms with van der Waals surface area (Å²) in [6.07, 6.45) is 2.08. The molecule has 0 aliphatic heterocycles. The summed E-state index contributed by atoms with van der Waals surface area (Å²) in [7, 11) is 0. The molecule has 4 nitrogen and oxygen atoms in total. The molecule has 0 radical (unpaired) electrons. The van der Waals surface area contributed by atoms with E-state index in [1.165, 1.54) is 14.3 Å². The van der Waals surface area contributed by atoms with Gasteiger partial charge in [-0.25, -0.2) is 15.0 Å². The summed E-state index contributed by atoms with van der Waals surface area (Å²) in [5.41, 5.74) is 2.98. The van der Waals surface area contributed by atoms with E-state index in [0.717, 1.165) is 32.0 Å². The van der Waals surface area contributed by atoms with E-state index in [1.807, 2.05) is 23.6 Å². The van der Waals surface area contributed by atoms with E-state index in [1.54, 1.807) is 45.8 Å². The van der Waals surface area contributed by atoms with E-state index in [9.17, 15) is 0 Å². The molecule has 0 unspecified atom stereocenters. The average Bonchev–Trinajstić information content (AvgIpc) is 3.38. The Hall–Kier alpha value is -2.00. The van der Waals surface area contributed by atoms with Gasteiger partial charge in [0.2, 0.25) is 0 Å². The van der Waals surface area contributed by atoms with Crippen LogP contribution in [0.3, 0.4) is 0 Å². The van der Waals surface area contributed by atoms with Crippen molar-refractivity contribution in [3.8, 4) is 10.7 Å². The summed E-state index contributed by atoms with van der Waals surface area (Å²) >= 11 is 6.61. The van der Waals surface area contributed by atoms with Gasteiger partial charge in [-0.1, -0.05) is 29.5 Å². The molecule has 2 aromatic carbocycles. The summed E-state index contributed by atoms with van der Waals surface area (Å²) in [6, 6.07) is 14.4. The van der Waals surface area contributed by atoms with Crippen molar-refractivity contribution in [2.75, 3.05) is 11.6 Å². The predicted octanol–water partition coefficient (Wildman–Crippen LogP) is 6.50. The molecule has 0 fully saturated rings. The van der Waals surface area contributed by atoms with Crippen molar-refractivity contribution in [3.05, 3.63) is 47.8 Å². The van der Waals surface area contributed by atoms with Gasteiger partial charge in [-0.2, -0.15) is 0 Å². The van der Waals surface area contributed by atoms with Crippen molar-refractivity contribution in [1.82, 2.24) is 15.0 Å². The first-order valence-electron chi connectivity index (χ1n) is 7.82. The maximum atomic E-state index is 4.74. The molecule has 1 N–H and O–H groups in total. The monoisotopic (exact) mass is 412 g/mol. The molecule has 0 aliphatic carbocycles. The molecular formula is C18H12N4S4. The third kappa shape index (κ3) is 2.88. The molecule has 26 heavy (non-hydrogen) atoms. The van der Waals surface area contributed by atoms with E-state index in [0.29, 0.717) is 0 Å². The summed E-state index contributed by atoms with van der Waals surface area (Å²) in [5.74, 6) is 0. The summed E-state index contributed by atoms with van der Waals surface area (Å²) in [4.78, 5) is 15.3. The van der Waals surface area contributed by atoms with E-state index < -0.39 is 0 Å². The van der Waals surface area contributed by atoms with Crippen LogP contribution in [0.4, 0.5) is 10.3 Å². The fourth-order valence-corrected chi connectivity index (χ4v) is 5.92. The first kappa shape index (κ1) is 16.2. The van der Waals surface area contributed by atoms with Crippen LogP contribution in [0.5, 0.6) is 0 Å². The second-order valence-corrected chi connectivity index (χ2v) is 9.24. The highest BCUT2D eigenvalue weighted by Gasteiger charge is 2.12. The van der Waals surface area contributed by atoms with Gasteiger partial charge >= 0.3 is 0 Å². The zero-order valence-electron chi connectivity index (χ0n) is 13.6. The second kappa shape index (κ2) is 6.62. The number of thioether (sulfide) groups is 1. The molecule has 3 aromatic heterocycles. The molecular weight excluding hydrogens is 400 g/mol. The van der Waals surface area contributed by atoms with Crippen molar-refractivity contribution < 1.29 is 0 Å². The van der Waals surface area contributed by atoms with E-state index in [-0.39, 0.29) is 0 Å². The van der Waals surface area contributed by atoms with Gasteiger partial charge in [-0.15, -0.1) is 34.4 Å². The molecule has 128 valence electrons. The second-order valence-electron chi connectivity index (χ2n) is 5.48. The number of rotatable bonds is 4. The molecule has 0 aliphatic rings. The normalized spacial score (nSPS) is 11.4. The fraction of sp³-hybridized carbons (Fsp3) is 0.0556. The summed E-state index contributed by atoms with van der Waals surface area (Å²) < 4.78 is 2.36. The van der Waals surface area contributed by atoms with Crippen LogP contribution in [0.25, 0.3) is 31.1 Å². The van der Waals surface area contributed by atoms with Crippen LogP contribution in [-0.4, -0.2) is 21.2 Å². The van der Waals surface area contributed by atoms with Gasteiger partial charge < -0.3 is 5.32 Å². The fourth-order valence-electron chi connectivity index (χ4n) is 2.64. The molecule has 8 heteroatoms. The number of hydrogen-bond acceptors (Lipinski definition) is 8. The van der Waals surface area contributed by atoms with Gasteiger partial charge in [-0.3, -0.25) is 0 Å². The Bertz CT molecular complexity index is 1190. The Morgan fingerprint density at radius 1 is 0.885 bits per heavy atom. The topological polar surface area (TPSA) is 50.7 Å². The highest BCUT2D eigenvalue weighted by atomic mass is 32.2. The van der Waals surface area contributed by atoms with Crippen LogP contribution in [0.15, 0.2) is 52.7 Å². The lowest BCUT2D eigenvalue weighted by atomic mass is 10.3. The minimum absolute atomic E-state index is 0.837. The molecule has 0 spiro atoms. The molecule has 3 heterocycles. The Morgan fingerprint density at radius 2 is 1.77 bits per heavy atom. The molecule has 0 bridgehead atoms. The van der Waals surface area contributed by atoms with Crippen molar-refractivity contribution in [3.63, 3.8) is 0 Å². The third-order valence-corrected chi connectivity index (χ3v) is 7.35. The smallest absolute Gasteiger partial charge is 0.190 e. The van der Waals surface area contributed by atoms with E-state index >= 15 is 0 Å². The predicted molar refractivity (Wildman–Crippen MR) is 115 cm³/mol. The number of nitrogens with zero attached hydrogens (tertiary/aromatic N) is 3. The number of benzene rings is 2. The molecule has 5 aromatic rings. The standard InChI is InChI=1S/C18H12N4S4/c1-23-13-7-4-8-14-15(13)21-18(26-14)22-17-20-11(9-24-17)16-19-10-5-2-3-6-12(10)25-16/h2-9H,1H3,(H,20,21,22). The Kier molecular flexibility index (Phi) is 4.12. The largest absolute Gasteiger partial charge is 0.307 e. The highest BCUT2D eigenvalue weighted by Crippen LogP contribution is 2.36. The van der Waals surface area contributed by atoms with Crippen LogP contribution in [-0.2, 0) is 0 Å². The quantitative estimate of drug-likeness (QED) is 0.342. The number of nitrogens with one attached hydrogen (secondary N) is 1. The number of fused-ring (bicyclic) bond motifs is 2. The molecule has 5 rings (SSSR count). The van der Waals surface area contributed by atoms with Gasteiger partial charge in [-0.05, 0) is 30.5 Å². The summed E-state index contributed by atoms with van der Waals surface area (Å²) in [5, 5.41) is 8.05. The number of thiazole rings is 3. The minimum atomic E-state index is 0.837. The van der Waals surface area contributed by atoms with Crippen LogP contribution < -0.4 is 5.32 Å². The maximum absolute atomic E-state index is 4.74. The minimum Gasteiger partial charge on any atom is -0.307 e. The van der Waals surface area contributed by atoms with Gasteiger partial charge in [0.25, 0.3) is 0 Å². The lowest BCUT2D eigenvalue weighted by molar-refractivity contribution is 1.34. The number of para-hydroxylation sites is 2. The first-order valence-corrected chi connectivity index (χ1v) is 11.6. The molecule has 0 amide bonds. The van der Waals surface area contributed by atoms with Gasteiger partial charge in [0.05, 0.1) is 20.4 Å². The highest BCUT2D eigenvalue weighted by molar-refractivity contribution is 7.98. The van der Waals surface area contributed by atoms with Gasteiger partial charge in [0.15, 0.2) is 10.3 Å². The third-order valence-electron chi connectivity index (χ3n) is 3.83. The lowest BCUT2D eigenvalue weighted by Gasteiger charge is -1.96. The zero-order chi connectivity index (χ0) is 17.5. The van der Waals surface area contributed by atoms with Gasteiger partial charge in [0, 0.05) is 10.3 Å². The van der Waals surface area contributed by atoms with Crippen molar-refractivity contribution >= 4 is 76.5 Å². The Balaban J connectivity index is 1.45. The van der Waals surface area contributed by atoms with Crippen LogP contribution in [0, 0.1) is 0 Å². The van der Waals surface area contributed by atoms with Crippen LogP contribution in [0.2, 0.25) is 0 Å². The van der Waals surface area contributed by atoms with E-state index in [2.05, 4.69) is 40.8 Å². The number of aromatic nitrogens is 3. The van der Waals surface area contributed by atoms with Crippen molar-refractivity contribution in [2.24, 2.45) is 0 Å². The van der Waals surface area contributed by atoms with Crippen LogP contribution >= 0.6 is 45.8 Å². The van der Waals surface area contributed by atoms with E-state index in [4.69, 9.17) is 9.97 Å². The van der Waals surface area contributed by atoms with Crippen LogP contribution in [0.1, 0.15) is 0 Å². The first-order chi connectivity index (χ1) is 12.8. The maximum Gasteiger partial charge on any atom is 0.190 e. The van der Waals surface area contributed by atoms with Gasteiger partial charge in [0.1, 0.15) is 10.7 Å². The Morgan fingerprint density at radius 3 is 2.65 bits per heavy atom. The number of anilines is 2. The average molecular weight is 413 g/mol. The molecule has 0 saturated heterocycles. The lowest BCUT2D eigenvalue weighted by Crippen LogP contribution is -1.88. The Labute approximate surface area is 166 Å². The molecule has 0 atom stereocenters. The summed E-state index contributed by atoms with van der Waals surface area (Å²) in [6.45, 7) is 0. The molecule has 0 saturated carbocycles. The zero-order valence-corrected chi connectivity index (χ0v) is 16.9.